The monoisotopic (exact) mass is 263 g/mol. The fourth-order valence-electron chi connectivity index (χ4n) is 1.81. The molecular formula is C12H17N5O2. The molecule has 0 saturated carbocycles. The lowest BCUT2D eigenvalue weighted by Crippen LogP contribution is -2.38. The molecule has 0 aliphatic heterocycles. The zero-order valence-electron chi connectivity index (χ0n) is 11.3. The van der Waals surface area contributed by atoms with E-state index in [1.807, 2.05) is 0 Å². The normalized spacial score (nSPS) is 11.2. The van der Waals surface area contributed by atoms with Crippen LogP contribution in [0.4, 0.5) is 0 Å². The first-order chi connectivity index (χ1) is 8.99. The predicted octanol–water partition coefficient (Wildman–Crippen LogP) is -0.157. The molecule has 0 aliphatic rings. The molecule has 0 N–H and O–H groups in total. The number of rotatable bonds is 4. The van der Waals surface area contributed by atoms with Gasteiger partial charge in [0.05, 0.1) is 6.54 Å². The van der Waals surface area contributed by atoms with Crippen molar-refractivity contribution in [1.82, 2.24) is 23.9 Å². The Bertz CT molecular complexity index is 680. The van der Waals surface area contributed by atoms with Crippen molar-refractivity contribution < 1.29 is 0 Å². The summed E-state index contributed by atoms with van der Waals surface area (Å²) in [4.78, 5) is 27.8. The highest BCUT2D eigenvalue weighted by Gasteiger charge is 2.10. The SMILES string of the molecule is CC(C)Cn1ncnc1Cn1c(=O)ccn(C)c1=O. The van der Waals surface area contributed by atoms with Gasteiger partial charge in [-0.3, -0.25) is 9.36 Å². The van der Waals surface area contributed by atoms with E-state index in [4.69, 9.17) is 0 Å². The summed E-state index contributed by atoms with van der Waals surface area (Å²) < 4.78 is 4.24. The molecule has 0 atom stereocenters. The van der Waals surface area contributed by atoms with Gasteiger partial charge in [-0.2, -0.15) is 5.10 Å². The summed E-state index contributed by atoms with van der Waals surface area (Å²) in [5.41, 5.74) is -0.686. The van der Waals surface area contributed by atoms with Crippen molar-refractivity contribution in [2.24, 2.45) is 13.0 Å². The third-order valence-electron chi connectivity index (χ3n) is 2.77. The van der Waals surface area contributed by atoms with Gasteiger partial charge in [-0.15, -0.1) is 0 Å². The molecule has 2 aromatic rings. The molecule has 7 heteroatoms. The quantitative estimate of drug-likeness (QED) is 0.768. The van der Waals surface area contributed by atoms with Crippen LogP contribution in [0, 0.1) is 5.92 Å². The molecule has 7 nitrogen and oxygen atoms in total. The van der Waals surface area contributed by atoms with Crippen LogP contribution in [0.1, 0.15) is 19.7 Å². The number of nitrogens with zero attached hydrogens (tertiary/aromatic N) is 5. The van der Waals surface area contributed by atoms with Gasteiger partial charge < -0.3 is 4.57 Å². The van der Waals surface area contributed by atoms with E-state index >= 15 is 0 Å². The maximum atomic E-state index is 11.9. The number of aromatic nitrogens is 5. The zero-order chi connectivity index (χ0) is 14.0. The van der Waals surface area contributed by atoms with Crippen LogP contribution in [-0.2, 0) is 20.1 Å². The van der Waals surface area contributed by atoms with Crippen molar-refractivity contribution in [1.29, 1.82) is 0 Å². The Labute approximate surface area is 110 Å². The van der Waals surface area contributed by atoms with Gasteiger partial charge in [0, 0.05) is 25.9 Å². The lowest BCUT2D eigenvalue weighted by molar-refractivity contribution is 0.456. The molecule has 102 valence electrons. The van der Waals surface area contributed by atoms with E-state index < -0.39 is 0 Å². The van der Waals surface area contributed by atoms with E-state index in [0.717, 1.165) is 4.57 Å². The molecule has 2 aromatic heterocycles. The number of hydrogen-bond acceptors (Lipinski definition) is 4. The minimum atomic E-state index is -0.355. The standard InChI is InChI=1S/C12H17N5O2/c1-9(2)6-17-10(13-8-14-17)7-16-11(18)4-5-15(3)12(16)19/h4-5,8-9H,6-7H2,1-3H3. The summed E-state index contributed by atoms with van der Waals surface area (Å²) in [6.07, 6.45) is 2.90. The third-order valence-corrected chi connectivity index (χ3v) is 2.77. The van der Waals surface area contributed by atoms with Crippen LogP contribution in [-0.4, -0.2) is 23.9 Å². The molecule has 0 aromatic carbocycles. The van der Waals surface area contributed by atoms with Crippen LogP contribution in [0.2, 0.25) is 0 Å². The number of aryl methyl sites for hydroxylation is 1. The predicted molar refractivity (Wildman–Crippen MR) is 69.9 cm³/mol. The summed E-state index contributed by atoms with van der Waals surface area (Å²) in [5.74, 6) is 1.02. The largest absolute Gasteiger partial charge is 0.331 e. The molecule has 0 aliphatic carbocycles. The molecule has 0 unspecified atom stereocenters. The minimum absolute atomic E-state index is 0.138. The Morgan fingerprint density at radius 1 is 1.32 bits per heavy atom. The van der Waals surface area contributed by atoms with Crippen molar-refractivity contribution in [3.05, 3.63) is 45.3 Å². The van der Waals surface area contributed by atoms with Gasteiger partial charge in [0.1, 0.15) is 12.2 Å². The van der Waals surface area contributed by atoms with Crippen molar-refractivity contribution in [2.75, 3.05) is 0 Å². The van der Waals surface area contributed by atoms with Gasteiger partial charge >= 0.3 is 5.69 Å². The Balaban J connectivity index is 2.37. The maximum Gasteiger partial charge on any atom is 0.331 e. The summed E-state index contributed by atoms with van der Waals surface area (Å²) in [6.45, 7) is 4.98. The molecule has 19 heavy (non-hydrogen) atoms. The van der Waals surface area contributed by atoms with Crippen LogP contribution in [0.5, 0.6) is 0 Å². The summed E-state index contributed by atoms with van der Waals surface area (Å²) >= 11 is 0. The highest BCUT2D eigenvalue weighted by molar-refractivity contribution is 4.92. The molecule has 0 amide bonds. The maximum absolute atomic E-state index is 11.9. The molecular weight excluding hydrogens is 246 g/mol. The topological polar surface area (TPSA) is 74.7 Å². The van der Waals surface area contributed by atoms with Crippen molar-refractivity contribution >= 4 is 0 Å². The highest BCUT2D eigenvalue weighted by atomic mass is 16.2. The molecule has 2 rings (SSSR count). The van der Waals surface area contributed by atoms with E-state index in [1.165, 1.54) is 23.2 Å². The van der Waals surface area contributed by atoms with Crippen LogP contribution in [0.3, 0.4) is 0 Å². The molecule has 0 spiro atoms. The van der Waals surface area contributed by atoms with Gasteiger partial charge in [-0.25, -0.2) is 14.5 Å². The third kappa shape index (κ3) is 2.81. The van der Waals surface area contributed by atoms with Gasteiger partial charge in [0.25, 0.3) is 5.56 Å². The second-order valence-corrected chi connectivity index (χ2v) is 4.89. The zero-order valence-corrected chi connectivity index (χ0v) is 11.3. The summed E-state index contributed by atoms with van der Waals surface area (Å²) in [5, 5.41) is 4.12. The van der Waals surface area contributed by atoms with E-state index in [-0.39, 0.29) is 17.8 Å². The van der Waals surface area contributed by atoms with E-state index in [9.17, 15) is 9.59 Å². The van der Waals surface area contributed by atoms with Gasteiger partial charge in [-0.05, 0) is 5.92 Å². The Morgan fingerprint density at radius 3 is 2.74 bits per heavy atom. The van der Waals surface area contributed by atoms with Crippen LogP contribution in [0.25, 0.3) is 0 Å². The van der Waals surface area contributed by atoms with Crippen molar-refractivity contribution in [3.63, 3.8) is 0 Å². The minimum Gasteiger partial charge on any atom is -0.303 e. The number of hydrogen-bond donors (Lipinski definition) is 0. The first kappa shape index (κ1) is 13.3. The highest BCUT2D eigenvalue weighted by Crippen LogP contribution is 2.01. The van der Waals surface area contributed by atoms with Gasteiger partial charge in [0.15, 0.2) is 0 Å². The second-order valence-electron chi connectivity index (χ2n) is 4.89. The summed E-state index contributed by atoms with van der Waals surface area (Å²) in [7, 11) is 1.61. The van der Waals surface area contributed by atoms with E-state index in [1.54, 1.807) is 11.7 Å². The molecule has 0 radical (unpaired) electrons. The smallest absolute Gasteiger partial charge is 0.303 e. The van der Waals surface area contributed by atoms with Crippen molar-refractivity contribution in [2.45, 2.75) is 26.9 Å². The lowest BCUT2D eigenvalue weighted by Gasteiger charge is -2.09. The van der Waals surface area contributed by atoms with Crippen LogP contribution >= 0.6 is 0 Å². The average Bonchev–Trinajstić information content (AvgIpc) is 2.76. The first-order valence-corrected chi connectivity index (χ1v) is 6.12. The first-order valence-electron chi connectivity index (χ1n) is 6.12. The molecule has 0 fully saturated rings. The lowest BCUT2D eigenvalue weighted by atomic mass is 10.2. The fraction of sp³-hybridized carbons (Fsp3) is 0.500. The van der Waals surface area contributed by atoms with Gasteiger partial charge in [-0.1, -0.05) is 13.8 Å². The van der Waals surface area contributed by atoms with Crippen molar-refractivity contribution in [3.8, 4) is 0 Å². The summed E-state index contributed by atoms with van der Waals surface area (Å²) in [6, 6.07) is 1.37. The van der Waals surface area contributed by atoms with Gasteiger partial charge in [0.2, 0.25) is 0 Å². The fourth-order valence-corrected chi connectivity index (χ4v) is 1.81. The molecule has 2 heterocycles. The van der Waals surface area contributed by atoms with E-state index in [2.05, 4.69) is 23.9 Å². The Kier molecular flexibility index (Phi) is 3.64. The Hall–Kier alpha value is -2.18. The van der Waals surface area contributed by atoms with Crippen LogP contribution in [0.15, 0.2) is 28.2 Å². The van der Waals surface area contributed by atoms with E-state index in [0.29, 0.717) is 18.3 Å². The molecule has 0 bridgehead atoms. The average molecular weight is 263 g/mol. The van der Waals surface area contributed by atoms with Crippen LogP contribution < -0.4 is 11.2 Å². The Morgan fingerprint density at radius 2 is 2.05 bits per heavy atom. The second kappa shape index (κ2) is 5.21. The molecule has 0 saturated heterocycles.